The van der Waals surface area contributed by atoms with Crippen molar-refractivity contribution < 1.29 is 88.1 Å². The first-order chi connectivity index (χ1) is 14.3. The Morgan fingerprint density at radius 2 is 1.28 bits per heavy atom. The summed E-state index contributed by atoms with van der Waals surface area (Å²) in [4.78, 5) is 8.77. The van der Waals surface area contributed by atoms with E-state index in [2.05, 4.69) is 22.2 Å². The number of hydrogen-bond acceptors (Lipinski definition) is 7. The summed E-state index contributed by atoms with van der Waals surface area (Å²) < 4.78 is 10.1. The summed E-state index contributed by atoms with van der Waals surface area (Å²) >= 11 is 3.70. The summed E-state index contributed by atoms with van der Waals surface area (Å²) in [6, 6.07) is 10.2. The van der Waals surface area contributed by atoms with Crippen LogP contribution in [0.4, 0.5) is 0 Å². The molecule has 169 valence electrons. The minimum Gasteiger partial charge on any atom is -0.870 e. The van der Waals surface area contributed by atoms with Crippen LogP contribution in [0, 0.1) is 5.41 Å². The van der Waals surface area contributed by atoms with Crippen molar-refractivity contribution in [3.63, 3.8) is 0 Å². The number of benzene rings is 2. The molecule has 7 nitrogen and oxygen atoms in total. The number of thiocarbonyl (C=S) groups is 1. The molecule has 0 unspecified atom stereocenters. The second kappa shape index (κ2) is 17.4. The van der Waals surface area contributed by atoms with Crippen LogP contribution in [0.3, 0.4) is 0 Å². The number of rotatable bonds is 8. The molecule has 0 amide bonds. The Kier molecular flexibility index (Phi) is 18.0. The molecule has 0 fully saturated rings. The van der Waals surface area contributed by atoms with E-state index in [1.807, 2.05) is 13.8 Å². The quantitative estimate of drug-likeness (QED) is 0.273. The molecule has 0 spiro atoms. The maximum absolute atomic E-state index is 12.1. The van der Waals surface area contributed by atoms with Crippen molar-refractivity contribution in [2.24, 2.45) is 15.4 Å². The van der Waals surface area contributed by atoms with Crippen LogP contribution in [-0.4, -0.2) is 44.9 Å². The molecular weight excluding hydrogens is 505 g/mol. The van der Waals surface area contributed by atoms with Crippen LogP contribution in [0.15, 0.2) is 46.4 Å². The smallest absolute Gasteiger partial charge is 0.870 e. The molecule has 2 aromatic carbocycles. The summed E-state index contributed by atoms with van der Waals surface area (Å²) in [5.41, 5.74) is 0.749. The minimum atomic E-state index is -0.225. The maximum Gasteiger partial charge on any atom is 2.00 e. The molecule has 2 rings (SSSR count). The van der Waals surface area contributed by atoms with Gasteiger partial charge in [0.2, 0.25) is 0 Å². The Labute approximate surface area is 247 Å². The zero-order chi connectivity index (χ0) is 22.6. The Morgan fingerprint density at radius 3 is 1.59 bits per heavy atom. The summed E-state index contributed by atoms with van der Waals surface area (Å²) in [6.45, 7) is 5.02. The average molecular weight is 529 g/mol. The van der Waals surface area contributed by atoms with Gasteiger partial charge in [0, 0.05) is 30.9 Å². The Balaban J connectivity index is 0. The average Bonchev–Trinajstić information content (AvgIpc) is 2.71. The fraction of sp³-hybridized carbons (Fsp3) is 0.318. The first-order valence-electron chi connectivity index (χ1n) is 8.98. The van der Waals surface area contributed by atoms with E-state index in [1.165, 1.54) is 19.4 Å². The van der Waals surface area contributed by atoms with Gasteiger partial charge in [-0.05, 0) is 23.3 Å². The van der Waals surface area contributed by atoms with E-state index in [9.17, 15) is 10.2 Å². The molecule has 0 heterocycles. The molecule has 0 N–H and O–H groups in total. The molecule has 32 heavy (non-hydrogen) atoms. The number of para-hydroxylation sites is 2. The van der Waals surface area contributed by atoms with E-state index in [1.54, 1.807) is 48.8 Å². The molecule has 0 saturated carbocycles. The van der Waals surface area contributed by atoms with Crippen LogP contribution in [0.5, 0.6) is 23.0 Å². The molecule has 0 aliphatic carbocycles. The zero-order valence-corrected chi connectivity index (χ0v) is 23.6. The van der Waals surface area contributed by atoms with Crippen molar-refractivity contribution in [2.45, 2.75) is 13.8 Å². The van der Waals surface area contributed by atoms with Crippen LogP contribution in [0.25, 0.3) is 5.41 Å². The van der Waals surface area contributed by atoms with E-state index in [0.29, 0.717) is 35.7 Å². The number of ether oxygens (including phenoxy) is 2. The first-order valence-corrected chi connectivity index (χ1v) is 9.39. The van der Waals surface area contributed by atoms with Gasteiger partial charge in [-0.25, -0.2) is 0 Å². The number of isothiocyanates is 1. The van der Waals surface area contributed by atoms with Gasteiger partial charge in [-0.2, -0.15) is 5.16 Å². The molecule has 0 atom stereocenters. The largest absolute Gasteiger partial charge is 2.00 e. The van der Waals surface area contributed by atoms with Crippen LogP contribution in [0.1, 0.15) is 25.0 Å². The molecular formula is C22H24CuKN3O4S. The van der Waals surface area contributed by atoms with Gasteiger partial charge in [-0.15, -0.1) is 0 Å². The predicted molar refractivity (Wildman–Crippen MR) is 120 cm³/mol. The monoisotopic (exact) mass is 528 g/mol. The van der Waals surface area contributed by atoms with Crippen molar-refractivity contribution in [1.29, 1.82) is 0 Å². The van der Waals surface area contributed by atoms with Gasteiger partial charge in [-0.1, -0.05) is 61.8 Å². The van der Waals surface area contributed by atoms with Gasteiger partial charge in [0.05, 0.1) is 14.2 Å². The maximum atomic E-state index is 12.1. The van der Waals surface area contributed by atoms with E-state index in [4.69, 9.17) is 14.9 Å². The van der Waals surface area contributed by atoms with Crippen molar-refractivity contribution >= 4 is 29.8 Å². The van der Waals surface area contributed by atoms with Crippen molar-refractivity contribution in [3.05, 3.63) is 52.9 Å². The van der Waals surface area contributed by atoms with Crippen molar-refractivity contribution in [2.75, 3.05) is 27.3 Å². The molecule has 0 aliphatic heterocycles. The Hall–Kier alpha value is -1.06. The van der Waals surface area contributed by atoms with Crippen molar-refractivity contribution in [3.8, 4) is 23.0 Å². The standard InChI is InChI=1S/C21H26N2O4.CNS.Cu.K/c1-21(2,13-22-11-15-7-5-9-17(26-3)19(15)24)14-23-12-16-8-6-10-18(27-4)20(16)25;2-1-3;;/h5-12,24-25H,13-14H2,1-4H3;;;/q;-1;+2;+1/p-2. The van der Waals surface area contributed by atoms with E-state index >= 15 is 0 Å². The number of nitrogens with zero attached hydrogens (tertiary/aromatic N) is 3. The third-order valence-corrected chi connectivity index (χ3v) is 3.96. The molecule has 0 aliphatic rings. The summed E-state index contributed by atoms with van der Waals surface area (Å²) in [5, 5.41) is 32.6. The molecule has 0 bridgehead atoms. The zero-order valence-electron chi connectivity index (χ0n) is 18.7. The fourth-order valence-corrected chi connectivity index (χ4v) is 2.42. The molecule has 10 heteroatoms. The molecule has 2 aromatic rings. The second-order valence-corrected chi connectivity index (χ2v) is 7.13. The van der Waals surface area contributed by atoms with Crippen LogP contribution < -0.4 is 71.1 Å². The Morgan fingerprint density at radius 1 is 0.938 bits per heavy atom. The van der Waals surface area contributed by atoms with Crippen LogP contribution in [-0.2, 0) is 17.1 Å². The second-order valence-electron chi connectivity index (χ2n) is 6.95. The van der Waals surface area contributed by atoms with Gasteiger partial charge in [-0.3, -0.25) is 9.98 Å². The minimum absolute atomic E-state index is 0. The summed E-state index contributed by atoms with van der Waals surface area (Å²) in [5.74, 6) is 0.241. The Bertz CT molecular complexity index is 866. The first kappa shape index (κ1) is 33.1. The van der Waals surface area contributed by atoms with Crippen LogP contribution >= 0.6 is 12.2 Å². The fourth-order valence-electron chi connectivity index (χ4n) is 2.42. The van der Waals surface area contributed by atoms with Gasteiger partial charge in [0.1, 0.15) is 11.5 Å². The van der Waals surface area contributed by atoms with E-state index < -0.39 is 0 Å². The molecule has 0 aromatic heterocycles. The van der Waals surface area contributed by atoms with Crippen molar-refractivity contribution in [1.82, 2.24) is 0 Å². The van der Waals surface area contributed by atoms with Gasteiger partial charge >= 0.3 is 68.5 Å². The molecule has 0 saturated heterocycles. The van der Waals surface area contributed by atoms with Gasteiger partial charge < -0.3 is 25.1 Å². The van der Waals surface area contributed by atoms with Gasteiger partial charge in [0.15, 0.2) is 0 Å². The van der Waals surface area contributed by atoms with Crippen LogP contribution in [0.2, 0.25) is 0 Å². The third-order valence-electron chi connectivity index (χ3n) is 3.96. The molecule has 1 radical (unpaired) electrons. The third kappa shape index (κ3) is 11.2. The SMILES string of the molecule is COc1cccc(C=NCC(C)(C)CN=Cc2cccc(OC)c2[O-])c1[O-].[Cu+2].[K+].[N-]=C=S. The predicted octanol–water partition coefficient (Wildman–Crippen LogP) is 0.0753. The van der Waals surface area contributed by atoms with E-state index in [0.717, 1.165) is 0 Å². The number of aliphatic imine (C=N–C) groups is 2. The van der Waals surface area contributed by atoms with Gasteiger partial charge in [0.25, 0.3) is 0 Å². The number of hydrogen-bond donors (Lipinski definition) is 0. The number of methoxy groups -OCH3 is 2. The summed E-state index contributed by atoms with van der Waals surface area (Å²) in [6.07, 6.45) is 3.13. The van der Waals surface area contributed by atoms with E-state index in [-0.39, 0.29) is 85.4 Å². The topological polar surface area (TPSA) is 112 Å². The summed E-state index contributed by atoms with van der Waals surface area (Å²) in [7, 11) is 2.93. The normalized spacial score (nSPS) is 10.4.